The van der Waals surface area contributed by atoms with Crippen molar-refractivity contribution < 1.29 is 9.53 Å². The average Bonchev–Trinajstić information content (AvgIpc) is 2.83. The second-order valence-electron chi connectivity index (χ2n) is 8.57. The number of rotatable bonds is 7. The van der Waals surface area contributed by atoms with E-state index in [1.54, 1.807) is 6.20 Å². The van der Waals surface area contributed by atoms with Crippen LogP contribution in [0.25, 0.3) is 0 Å². The summed E-state index contributed by atoms with van der Waals surface area (Å²) < 4.78 is 5.89. The van der Waals surface area contributed by atoms with Crippen LogP contribution in [0.2, 0.25) is 0 Å². The van der Waals surface area contributed by atoms with Crippen molar-refractivity contribution in [2.45, 2.75) is 64.1 Å². The van der Waals surface area contributed by atoms with Gasteiger partial charge in [-0.3, -0.25) is 9.78 Å². The normalized spacial score (nSPS) is 18.3. The van der Waals surface area contributed by atoms with E-state index in [-0.39, 0.29) is 5.92 Å². The number of pyridine rings is 1. The zero-order valence-electron chi connectivity index (χ0n) is 17.8. The topological polar surface area (TPSA) is 54.5 Å². The van der Waals surface area contributed by atoms with Gasteiger partial charge in [-0.25, -0.2) is 0 Å². The largest absolute Gasteiger partial charge is 0.487 e. The summed E-state index contributed by atoms with van der Waals surface area (Å²) in [7, 11) is 0. The lowest BCUT2D eigenvalue weighted by atomic mass is 9.87. The molecular weight excluding hydrogens is 374 g/mol. The van der Waals surface area contributed by atoms with Crippen LogP contribution in [0.1, 0.15) is 56.2 Å². The number of hydrogen-bond donors (Lipinski definition) is 1. The summed E-state index contributed by atoms with van der Waals surface area (Å²) >= 11 is 0. The fraction of sp³-hybridized carbons (Fsp3) is 0.520. The number of aromatic nitrogens is 1. The van der Waals surface area contributed by atoms with Crippen LogP contribution in [0, 0.1) is 5.92 Å². The molecule has 0 bridgehead atoms. The highest BCUT2D eigenvalue weighted by Crippen LogP contribution is 2.26. The van der Waals surface area contributed by atoms with E-state index in [1.165, 1.54) is 24.8 Å². The number of ether oxygens (including phenoxy) is 1. The quantitative estimate of drug-likeness (QED) is 0.743. The van der Waals surface area contributed by atoms with Crippen molar-refractivity contribution in [1.29, 1.82) is 0 Å². The van der Waals surface area contributed by atoms with Crippen LogP contribution >= 0.6 is 0 Å². The van der Waals surface area contributed by atoms with Crippen molar-refractivity contribution in [2.24, 2.45) is 5.92 Å². The third-order valence-corrected chi connectivity index (χ3v) is 6.37. The highest BCUT2D eigenvalue weighted by molar-refractivity contribution is 5.79. The molecule has 0 radical (unpaired) electrons. The van der Waals surface area contributed by atoms with Crippen molar-refractivity contribution in [3.8, 4) is 5.75 Å². The van der Waals surface area contributed by atoms with Crippen molar-refractivity contribution >= 4 is 5.91 Å². The van der Waals surface area contributed by atoms with Crippen molar-refractivity contribution in [3.05, 3.63) is 59.9 Å². The number of piperidine rings is 1. The smallest absolute Gasteiger partial charge is 0.225 e. The SMILES string of the molecule is O=C(C1CCCCC1)N1CCC(NCc2cccc(OCc3ccccn3)c2)CC1. The maximum atomic E-state index is 12.7. The number of nitrogens with one attached hydrogen (secondary N) is 1. The van der Waals surface area contributed by atoms with Crippen molar-refractivity contribution in [3.63, 3.8) is 0 Å². The van der Waals surface area contributed by atoms with Gasteiger partial charge in [-0.15, -0.1) is 0 Å². The van der Waals surface area contributed by atoms with Gasteiger partial charge in [0.1, 0.15) is 12.4 Å². The second kappa shape index (κ2) is 10.6. The first kappa shape index (κ1) is 20.9. The van der Waals surface area contributed by atoms with E-state index in [9.17, 15) is 4.79 Å². The van der Waals surface area contributed by atoms with Crippen LogP contribution in [-0.2, 0) is 17.9 Å². The zero-order valence-corrected chi connectivity index (χ0v) is 17.8. The lowest BCUT2D eigenvalue weighted by Gasteiger charge is -2.35. The van der Waals surface area contributed by atoms with Crippen LogP contribution in [0.4, 0.5) is 0 Å². The first-order valence-electron chi connectivity index (χ1n) is 11.4. The third kappa shape index (κ3) is 5.82. The first-order valence-corrected chi connectivity index (χ1v) is 11.4. The van der Waals surface area contributed by atoms with E-state index < -0.39 is 0 Å². The van der Waals surface area contributed by atoms with Gasteiger partial charge < -0.3 is 15.0 Å². The van der Waals surface area contributed by atoms with Gasteiger partial charge in [-0.05, 0) is 55.5 Å². The van der Waals surface area contributed by atoms with Crippen LogP contribution in [0.15, 0.2) is 48.7 Å². The Bertz CT molecular complexity index is 797. The third-order valence-electron chi connectivity index (χ3n) is 6.37. The van der Waals surface area contributed by atoms with Crippen molar-refractivity contribution in [2.75, 3.05) is 13.1 Å². The van der Waals surface area contributed by atoms with E-state index in [0.717, 1.165) is 56.8 Å². The monoisotopic (exact) mass is 407 g/mol. The minimum atomic E-state index is 0.289. The summed E-state index contributed by atoms with van der Waals surface area (Å²) in [4.78, 5) is 19.1. The van der Waals surface area contributed by atoms with E-state index in [4.69, 9.17) is 4.74 Å². The van der Waals surface area contributed by atoms with Gasteiger partial charge in [0.05, 0.1) is 5.69 Å². The predicted molar refractivity (Wildman–Crippen MR) is 118 cm³/mol. The summed E-state index contributed by atoms with van der Waals surface area (Å²) in [6.07, 6.45) is 9.78. The van der Waals surface area contributed by atoms with Gasteiger partial charge >= 0.3 is 0 Å². The van der Waals surface area contributed by atoms with Crippen LogP contribution < -0.4 is 10.1 Å². The maximum Gasteiger partial charge on any atom is 0.225 e. The average molecular weight is 408 g/mol. The molecule has 1 saturated carbocycles. The molecule has 1 aliphatic heterocycles. The van der Waals surface area contributed by atoms with E-state index >= 15 is 0 Å². The summed E-state index contributed by atoms with van der Waals surface area (Å²) in [5.74, 6) is 1.57. The Hall–Kier alpha value is -2.40. The maximum absolute atomic E-state index is 12.7. The second-order valence-corrected chi connectivity index (χ2v) is 8.57. The molecule has 4 rings (SSSR count). The first-order chi connectivity index (χ1) is 14.8. The number of nitrogens with zero attached hydrogens (tertiary/aromatic N) is 2. The lowest BCUT2D eigenvalue weighted by Crippen LogP contribution is -2.46. The Balaban J connectivity index is 1.20. The molecule has 2 heterocycles. The van der Waals surface area contributed by atoms with Crippen LogP contribution in [0.3, 0.4) is 0 Å². The van der Waals surface area contributed by atoms with Crippen LogP contribution in [-0.4, -0.2) is 34.9 Å². The molecule has 5 nitrogen and oxygen atoms in total. The molecule has 0 atom stereocenters. The molecule has 160 valence electrons. The fourth-order valence-electron chi connectivity index (χ4n) is 4.56. The Morgan fingerprint density at radius 3 is 2.63 bits per heavy atom. The molecule has 2 fully saturated rings. The molecule has 30 heavy (non-hydrogen) atoms. The summed E-state index contributed by atoms with van der Waals surface area (Å²) in [5.41, 5.74) is 2.14. The summed E-state index contributed by atoms with van der Waals surface area (Å²) in [6, 6.07) is 14.6. The molecule has 1 aromatic heterocycles. The molecule has 2 aliphatic rings. The molecule has 1 N–H and O–H groups in total. The molecular formula is C25H33N3O2. The number of likely N-dealkylation sites (tertiary alicyclic amines) is 1. The van der Waals surface area contributed by atoms with Crippen molar-refractivity contribution in [1.82, 2.24) is 15.2 Å². The molecule has 5 heteroatoms. The fourth-order valence-corrected chi connectivity index (χ4v) is 4.56. The van der Waals surface area contributed by atoms with E-state index in [2.05, 4.69) is 27.3 Å². The number of carbonyl (C=O) groups is 1. The van der Waals surface area contributed by atoms with Gasteiger partial charge in [0.15, 0.2) is 0 Å². The number of amides is 1. The van der Waals surface area contributed by atoms with Gasteiger partial charge in [0.2, 0.25) is 5.91 Å². The predicted octanol–water partition coefficient (Wildman–Crippen LogP) is 4.32. The highest BCUT2D eigenvalue weighted by Gasteiger charge is 2.28. The van der Waals surface area contributed by atoms with E-state index in [0.29, 0.717) is 18.6 Å². The number of carbonyl (C=O) groups excluding carboxylic acids is 1. The standard InChI is InChI=1S/C25H33N3O2/c29-25(21-8-2-1-3-9-21)28-15-12-22(13-16-28)27-18-20-7-6-11-24(17-20)30-19-23-10-4-5-14-26-23/h4-7,10-11,14,17,21-22,27H,1-3,8-9,12-13,15-16,18-19H2. The Kier molecular flexibility index (Phi) is 7.35. The highest BCUT2D eigenvalue weighted by atomic mass is 16.5. The minimum Gasteiger partial charge on any atom is -0.487 e. The zero-order chi connectivity index (χ0) is 20.6. The van der Waals surface area contributed by atoms with E-state index in [1.807, 2.05) is 30.3 Å². The Morgan fingerprint density at radius 2 is 1.87 bits per heavy atom. The van der Waals surface area contributed by atoms with Gasteiger partial charge in [0.25, 0.3) is 0 Å². The molecule has 0 spiro atoms. The number of benzene rings is 1. The molecule has 1 aromatic carbocycles. The van der Waals surface area contributed by atoms with Gasteiger partial charge in [-0.1, -0.05) is 37.5 Å². The Morgan fingerprint density at radius 1 is 1.03 bits per heavy atom. The molecule has 0 unspecified atom stereocenters. The summed E-state index contributed by atoms with van der Waals surface area (Å²) in [5, 5.41) is 3.67. The van der Waals surface area contributed by atoms with Crippen LogP contribution in [0.5, 0.6) is 5.75 Å². The molecule has 2 aromatic rings. The number of hydrogen-bond acceptors (Lipinski definition) is 4. The summed E-state index contributed by atoms with van der Waals surface area (Å²) in [6.45, 7) is 3.08. The molecule has 1 aliphatic carbocycles. The lowest BCUT2D eigenvalue weighted by molar-refractivity contribution is -0.137. The molecule has 1 amide bonds. The van der Waals surface area contributed by atoms with Gasteiger partial charge in [0, 0.05) is 37.8 Å². The Labute approximate surface area is 179 Å². The van der Waals surface area contributed by atoms with Gasteiger partial charge in [-0.2, -0.15) is 0 Å². The molecule has 1 saturated heterocycles. The minimum absolute atomic E-state index is 0.289.